The van der Waals surface area contributed by atoms with Crippen molar-refractivity contribution in [2.75, 3.05) is 26.9 Å². The van der Waals surface area contributed by atoms with Gasteiger partial charge in [0, 0.05) is 18.2 Å². The van der Waals surface area contributed by atoms with E-state index in [0.29, 0.717) is 5.56 Å². The molecule has 0 bridgehead atoms. The molecule has 6 unspecified atom stereocenters. The minimum atomic E-state index is -2.05. The van der Waals surface area contributed by atoms with Gasteiger partial charge in [-0.1, -0.05) is 6.07 Å². The van der Waals surface area contributed by atoms with E-state index in [4.69, 9.17) is 42.3 Å². The van der Waals surface area contributed by atoms with Crippen molar-refractivity contribution in [3.05, 3.63) is 72.3 Å². The minimum Gasteiger partial charge on any atom is -0.508 e. The number of phenolic OH excluding ortho intramolecular Hbond substituents is 3. The molecule has 23 heteroatoms. The number of aromatic hydroxyl groups is 3. The predicted molar refractivity (Wildman–Crippen MR) is 218 cm³/mol. The molecule has 3 saturated heterocycles. The first-order valence-electron chi connectivity index (χ1n) is 20.3. The summed E-state index contributed by atoms with van der Waals surface area (Å²) in [4.78, 5) is 12.6. The quantitative estimate of drug-likeness (QED) is 0.0368. The van der Waals surface area contributed by atoms with Gasteiger partial charge in [-0.3, -0.25) is 0 Å². The molecule has 3 aliphatic heterocycles. The molecule has 0 amide bonds. The summed E-state index contributed by atoms with van der Waals surface area (Å²) in [6.45, 7) is -2.35. The van der Waals surface area contributed by atoms with Crippen molar-refractivity contribution in [1.29, 1.82) is 0 Å². The Balaban J connectivity index is 1.18. The highest BCUT2D eigenvalue weighted by atomic mass is 16.8. The fraction of sp³-hybridized carbons (Fsp3) is 0.442. The number of benzene rings is 3. The first-order valence-corrected chi connectivity index (χ1v) is 20.3. The van der Waals surface area contributed by atoms with Crippen LogP contribution in [0.15, 0.2) is 71.2 Å². The van der Waals surface area contributed by atoms with Crippen LogP contribution < -0.4 is 14.2 Å². The molecule has 3 aliphatic rings. The molecule has 7 rings (SSSR count). The van der Waals surface area contributed by atoms with Crippen LogP contribution in [0.4, 0.5) is 0 Å². The maximum atomic E-state index is 12.6. The first kappa shape index (κ1) is 48.5. The van der Waals surface area contributed by atoms with Gasteiger partial charge >= 0.3 is 17.3 Å². The smallest absolute Gasteiger partial charge is 0.402 e. The lowest BCUT2D eigenvalue weighted by atomic mass is 9.97. The zero-order valence-electron chi connectivity index (χ0n) is 34.6. The van der Waals surface area contributed by atoms with E-state index < -0.39 is 124 Å². The van der Waals surface area contributed by atoms with Gasteiger partial charge in [0.25, 0.3) is 0 Å². The summed E-state index contributed by atoms with van der Waals surface area (Å²) in [6.07, 6.45) is -24.7. The van der Waals surface area contributed by atoms with Gasteiger partial charge in [-0.15, -0.1) is 0 Å². The van der Waals surface area contributed by atoms with Crippen molar-refractivity contribution in [2.45, 2.75) is 92.1 Å². The summed E-state index contributed by atoms with van der Waals surface area (Å²) in [5.74, 6) is -2.17. The van der Waals surface area contributed by atoms with Crippen LogP contribution in [0.2, 0.25) is 0 Å². The number of methoxy groups -OCH3 is 1. The average molecular weight is 934 g/mol. The van der Waals surface area contributed by atoms with E-state index in [0.717, 1.165) is 12.1 Å². The summed E-state index contributed by atoms with van der Waals surface area (Å²) in [5, 5.41) is 137. The van der Waals surface area contributed by atoms with Crippen LogP contribution in [0.25, 0.3) is 28.4 Å². The van der Waals surface area contributed by atoms with Crippen molar-refractivity contribution in [3.63, 3.8) is 0 Å². The van der Waals surface area contributed by atoms with Gasteiger partial charge < -0.3 is 104 Å². The van der Waals surface area contributed by atoms with Gasteiger partial charge in [-0.25, -0.2) is 9.21 Å². The molecular weight excluding hydrogens is 884 g/mol. The largest absolute Gasteiger partial charge is 0.508 e. The van der Waals surface area contributed by atoms with E-state index in [1.54, 1.807) is 0 Å². The molecule has 13 N–H and O–H groups in total. The second-order valence-electron chi connectivity index (χ2n) is 15.5. The standard InChI is InChI=1S/C43H48O23/c1-58-25-10-17(2-8-22(25)48)3-9-30(49)59-16-29-33(52)35(54)38(57)42(65-29)66-40-36(55)32(51)28(15-45)64-43(40)62-26-13-21-23(60-39(26)18-4-6-19(46)7-5-18)11-20(47)12-24(21)61-41-37(56)34(53)31(50)27(14-44)63-41/h2-13,27-29,31-38,40-45,50-57H,14-16H2,1H3,(H2-,46,47,48,49)/p+1/t27?,28?,29?,31-,32-,33-,34+,35+,36+,37?,38?,40?,41-,42+,43-/m1/s1. The predicted octanol–water partition coefficient (Wildman–Crippen LogP) is -2.05. The number of esters is 1. The monoisotopic (exact) mass is 933 g/mol. The molecule has 1 aromatic heterocycles. The average Bonchev–Trinajstić information content (AvgIpc) is 3.30. The Labute approximate surface area is 373 Å². The van der Waals surface area contributed by atoms with Gasteiger partial charge in [-0.05, 0) is 48.0 Å². The normalized spacial score (nSPS) is 32.6. The van der Waals surface area contributed by atoms with E-state index in [1.165, 1.54) is 67.8 Å². The summed E-state index contributed by atoms with van der Waals surface area (Å²) >= 11 is 0. The van der Waals surface area contributed by atoms with E-state index in [2.05, 4.69) is 0 Å². The molecule has 0 saturated carbocycles. The van der Waals surface area contributed by atoms with E-state index in [9.17, 15) is 71.2 Å². The Morgan fingerprint density at radius 1 is 0.636 bits per heavy atom. The lowest BCUT2D eigenvalue weighted by molar-refractivity contribution is -0.358. The third kappa shape index (κ3) is 10.2. The minimum absolute atomic E-state index is 0.0203. The van der Waals surface area contributed by atoms with Gasteiger partial charge in [0.15, 0.2) is 23.9 Å². The third-order valence-corrected chi connectivity index (χ3v) is 11.1. The van der Waals surface area contributed by atoms with Crippen molar-refractivity contribution >= 4 is 23.0 Å². The topological polar surface area (TPSA) is 365 Å². The van der Waals surface area contributed by atoms with Crippen LogP contribution in [0.3, 0.4) is 0 Å². The molecule has 4 aromatic rings. The Bertz CT molecular complexity index is 2330. The summed E-state index contributed by atoms with van der Waals surface area (Å²) in [6, 6.07) is 13.2. The highest BCUT2D eigenvalue weighted by molar-refractivity contribution is 5.89. The molecule has 15 atom stereocenters. The summed E-state index contributed by atoms with van der Waals surface area (Å²) in [7, 11) is 1.34. The molecule has 0 aliphatic carbocycles. The van der Waals surface area contributed by atoms with E-state index in [1.807, 2.05) is 0 Å². The van der Waals surface area contributed by atoms with Crippen LogP contribution in [0, 0.1) is 0 Å². The van der Waals surface area contributed by atoms with Crippen LogP contribution >= 0.6 is 0 Å². The summed E-state index contributed by atoms with van der Waals surface area (Å²) < 4.78 is 51.6. The molecule has 3 aromatic carbocycles. The van der Waals surface area contributed by atoms with Crippen LogP contribution in [0.1, 0.15) is 5.56 Å². The fourth-order valence-electron chi connectivity index (χ4n) is 7.38. The summed E-state index contributed by atoms with van der Waals surface area (Å²) in [5.41, 5.74) is 0.585. The van der Waals surface area contributed by atoms with Gasteiger partial charge in [-0.2, -0.15) is 0 Å². The van der Waals surface area contributed by atoms with E-state index in [-0.39, 0.29) is 51.0 Å². The van der Waals surface area contributed by atoms with Gasteiger partial charge in [0.05, 0.1) is 32.0 Å². The van der Waals surface area contributed by atoms with Crippen LogP contribution in [-0.4, -0.2) is 191 Å². The van der Waals surface area contributed by atoms with Crippen molar-refractivity contribution < 1.29 is 113 Å². The highest BCUT2D eigenvalue weighted by Gasteiger charge is 2.52. The lowest BCUT2D eigenvalue weighted by Crippen LogP contribution is -2.65. The second kappa shape index (κ2) is 20.6. The number of hydrogen-bond donors (Lipinski definition) is 13. The maximum Gasteiger partial charge on any atom is 0.402 e. The third-order valence-electron chi connectivity index (χ3n) is 11.1. The van der Waals surface area contributed by atoms with Crippen LogP contribution in [0.5, 0.6) is 34.5 Å². The van der Waals surface area contributed by atoms with Crippen molar-refractivity contribution in [3.8, 4) is 45.8 Å². The number of fused-ring (bicyclic) bond motifs is 1. The Morgan fingerprint density at radius 2 is 1.24 bits per heavy atom. The second-order valence-corrected chi connectivity index (χ2v) is 15.5. The number of rotatable bonds is 14. The number of carbonyl (C=O) groups excluding carboxylic acids is 1. The molecular formula is C43H49O23+. The number of aliphatic hydroxyl groups excluding tert-OH is 10. The maximum absolute atomic E-state index is 12.6. The Hall–Kier alpha value is -5.48. The van der Waals surface area contributed by atoms with Gasteiger partial charge in [0.1, 0.15) is 96.4 Å². The lowest BCUT2D eigenvalue weighted by Gasteiger charge is -2.45. The van der Waals surface area contributed by atoms with E-state index >= 15 is 0 Å². The molecule has 358 valence electrons. The number of aliphatic hydroxyl groups is 10. The number of ether oxygens (including phenoxy) is 8. The van der Waals surface area contributed by atoms with Crippen molar-refractivity contribution in [1.82, 2.24) is 0 Å². The molecule has 66 heavy (non-hydrogen) atoms. The Kier molecular flexibility index (Phi) is 15.1. The number of hydrogen-bond acceptors (Lipinski definition) is 22. The van der Waals surface area contributed by atoms with Crippen LogP contribution in [-0.2, 0) is 28.5 Å². The Morgan fingerprint density at radius 3 is 1.91 bits per heavy atom. The highest BCUT2D eigenvalue weighted by Crippen LogP contribution is 2.43. The first-order chi connectivity index (χ1) is 31.5. The fourth-order valence-corrected chi connectivity index (χ4v) is 7.38. The number of phenols is 3. The molecule has 0 spiro atoms. The zero-order valence-corrected chi connectivity index (χ0v) is 34.6. The van der Waals surface area contributed by atoms with Gasteiger partial charge in [0.2, 0.25) is 18.3 Å². The molecule has 23 nitrogen and oxygen atoms in total. The molecule has 4 heterocycles. The van der Waals surface area contributed by atoms with Crippen molar-refractivity contribution in [2.24, 2.45) is 0 Å². The molecule has 0 radical (unpaired) electrons. The zero-order chi connectivity index (χ0) is 47.6. The number of carbonyl (C=O) groups is 1. The molecule has 3 fully saturated rings. The SMILES string of the molecule is COc1cc(/C=C/C(=O)OCC2O[C@@H](OC3[C@H](Oc4cc5c(O[C@@H]6OC(CO)[C@@H](O)[C@H](O)C6O)cc(O)cc5[o+]c4-c4ccc(O)cc4)OC(CO)[C@@H](O)[C@@H]3O)C(O)[C@@H](O)[C@@H]2O)ccc1O.